The van der Waals surface area contributed by atoms with Crippen LogP contribution in [0.1, 0.15) is 64.5 Å². The van der Waals surface area contributed by atoms with Gasteiger partial charge in [-0.05, 0) is 91.1 Å². The second-order valence-electron chi connectivity index (χ2n) is 11.6. The minimum Gasteiger partial charge on any atom is -0.478 e. The van der Waals surface area contributed by atoms with Crippen LogP contribution >= 0.6 is 23.8 Å². The summed E-state index contributed by atoms with van der Waals surface area (Å²) in [6.07, 6.45) is 2.91. The minimum absolute atomic E-state index is 0.151. The molecule has 4 heterocycles. The van der Waals surface area contributed by atoms with Crippen molar-refractivity contribution in [3.8, 4) is 11.3 Å². The Labute approximate surface area is 265 Å². The normalized spacial score (nSPS) is 21.8. The molecule has 0 amide bonds. The van der Waals surface area contributed by atoms with E-state index in [2.05, 4.69) is 29.0 Å². The van der Waals surface area contributed by atoms with Gasteiger partial charge in [0.25, 0.3) is 0 Å². The van der Waals surface area contributed by atoms with Crippen LogP contribution in [0.3, 0.4) is 0 Å². The number of pyridine rings is 1. The minimum atomic E-state index is -1.23. The molecule has 2 aromatic carbocycles. The highest BCUT2D eigenvalue weighted by atomic mass is 35.5. The van der Waals surface area contributed by atoms with Crippen LogP contribution in [-0.2, 0) is 0 Å². The Kier molecular flexibility index (Phi) is 8.04. The van der Waals surface area contributed by atoms with Crippen LogP contribution in [0, 0.1) is 11.8 Å². The monoisotopic (exact) mass is 630 g/mol. The van der Waals surface area contributed by atoms with E-state index in [-0.39, 0.29) is 17.2 Å². The number of hydrogen-bond donors (Lipinski definition) is 3. The first kappa shape index (κ1) is 29.7. The molecule has 2 aliphatic rings. The summed E-state index contributed by atoms with van der Waals surface area (Å²) < 4.78 is 6.35. The van der Waals surface area contributed by atoms with Crippen molar-refractivity contribution in [3.05, 3.63) is 101 Å². The van der Waals surface area contributed by atoms with Crippen molar-refractivity contribution in [1.82, 2.24) is 10.3 Å². The number of carboxylic acids is 2. The third kappa shape index (κ3) is 5.75. The van der Waals surface area contributed by atoms with Crippen molar-refractivity contribution < 1.29 is 24.2 Å². The van der Waals surface area contributed by atoms with Gasteiger partial charge in [0.05, 0.1) is 33.6 Å². The lowest BCUT2D eigenvalue weighted by Gasteiger charge is -2.37. The average molecular weight is 631 g/mol. The molecule has 3 N–H and O–H groups in total. The molecular weight excluding hydrogens is 600 g/mol. The zero-order valence-electron chi connectivity index (χ0n) is 24.1. The molecule has 0 bridgehead atoms. The lowest BCUT2D eigenvalue weighted by Crippen LogP contribution is -2.38. The van der Waals surface area contributed by atoms with Crippen molar-refractivity contribution in [2.75, 3.05) is 22.9 Å². The van der Waals surface area contributed by atoms with Gasteiger partial charge in [-0.15, -0.1) is 0 Å². The fourth-order valence-electron chi connectivity index (χ4n) is 6.37. The van der Waals surface area contributed by atoms with Crippen LogP contribution in [0.15, 0.2) is 77.3 Å². The predicted octanol–water partition coefficient (Wildman–Crippen LogP) is 7.05. The number of rotatable bonds is 7. The summed E-state index contributed by atoms with van der Waals surface area (Å²) >= 11 is 12.8. The first-order valence-electron chi connectivity index (χ1n) is 14.4. The quantitative estimate of drug-likeness (QED) is 0.183. The number of furan rings is 1. The van der Waals surface area contributed by atoms with Crippen molar-refractivity contribution in [2.45, 2.75) is 32.4 Å². The number of piperidine rings is 1. The first-order chi connectivity index (χ1) is 21.1. The zero-order valence-corrected chi connectivity index (χ0v) is 25.7. The van der Waals surface area contributed by atoms with E-state index in [1.165, 1.54) is 18.6 Å². The molecule has 226 valence electrons. The van der Waals surface area contributed by atoms with Crippen LogP contribution in [0.4, 0.5) is 11.4 Å². The van der Waals surface area contributed by atoms with E-state index in [0.717, 1.165) is 36.2 Å². The molecule has 0 spiro atoms. The number of carboxylic acid groups (broad SMARTS) is 2. The number of nitrogens with one attached hydrogen (secondary N) is 1. The van der Waals surface area contributed by atoms with Crippen molar-refractivity contribution in [2.24, 2.45) is 11.8 Å². The molecule has 0 saturated carbocycles. The van der Waals surface area contributed by atoms with Gasteiger partial charge < -0.3 is 29.7 Å². The highest BCUT2D eigenvalue weighted by molar-refractivity contribution is 7.80. The standard InChI is InChI=1S/C33H31ClN4O5S/c1-18-11-19(2)17-37(16-18)26-7-6-23(15-24(26)34)38-30(29(36-33(38)44)25-5-3-4-10-35-25)28-9-8-27(43-28)20-12-21(31(39)40)14-22(13-20)32(41)42/h3-10,12-15,18-19,29-30H,11,16-17H2,1-2H3,(H,36,44)(H,39,40)(H,41,42)/t18-,19+,29-,30+/m1/s1. The molecule has 4 atom stereocenters. The van der Waals surface area contributed by atoms with E-state index >= 15 is 0 Å². The summed E-state index contributed by atoms with van der Waals surface area (Å²) in [5.74, 6) is -0.471. The fraction of sp³-hybridized carbons (Fsp3) is 0.273. The molecule has 0 aliphatic carbocycles. The SMILES string of the molecule is C[C@@H]1C[C@H](C)CN(c2ccc(N3C(=S)N[C@H](c4ccccn4)[C@@H]3c3ccc(-c4cc(C(=O)O)cc(C(=O)O)c4)o3)cc2Cl)C1. The van der Waals surface area contributed by atoms with E-state index in [9.17, 15) is 19.8 Å². The van der Waals surface area contributed by atoms with E-state index in [0.29, 0.717) is 39.1 Å². The second-order valence-corrected chi connectivity index (χ2v) is 12.4. The van der Waals surface area contributed by atoms with E-state index < -0.39 is 18.0 Å². The smallest absolute Gasteiger partial charge is 0.335 e. The molecule has 9 nitrogen and oxygen atoms in total. The van der Waals surface area contributed by atoms with E-state index in [1.807, 2.05) is 41.3 Å². The van der Waals surface area contributed by atoms with Gasteiger partial charge in [-0.3, -0.25) is 4.98 Å². The molecule has 44 heavy (non-hydrogen) atoms. The summed E-state index contributed by atoms with van der Waals surface area (Å²) in [5.41, 5.74) is 2.54. The molecular formula is C33H31ClN4O5S. The maximum absolute atomic E-state index is 11.7. The van der Waals surface area contributed by atoms with Crippen LogP contribution in [0.5, 0.6) is 0 Å². The van der Waals surface area contributed by atoms with Gasteiger partial charge in [0, 0.05) is 30.5 Å². The molecule has 11 heteroatoms. The number of thiocarbonyl (C=S) groups is 1. The second kappa shape index (κ2) is 11.9. The molecule has 0 radical (unpaired) electrons. The van der Waals surface area contributed by atoms with Crippen molar-refractivity contribution in [3.63, 3.8) is 0 Å². The maximum Gasteiger partial charge on any atom is 0.335 e. The largest absolute Gasteiger partial charge is 0.478 e. The Hall–Kier alpha value is -4.41. The molecule has 6 rings (SSSR count). The lowest BCUT2D eigenvalue weighted by molar-refractivity contribution is 0.0696. The van der Waals surface area contributed by atoms with Gasteiger partial charge >= 0.3 is 11.9 Å². The summed E-state index contributed by atoms with van der Waals surface area (Å²) in [7, 11) is 0. The predicted molar refractivity (Wildman–Crippen MR) is 173 cm³/mol. The number of benzene rings is 2. The van der Waals surface area contributed by atoms with Gasteiger partial charge in [0.1, 0.15) is 17.6 Å². The van der Waals surface area contributed by atoms with E-state index in [4.69, 9.17) is 28.2 Å². The van der Waals surface area contributed by atoms with Crippen LogP contribution in [0.25, 0.3) is 11.3 Å². The Morgan fingerprint density at radius 2 is 1.68 bits per heavy atom. The number of anilines is 2. The summed E-state index contributed by atoms with van der Waals surface area (Å²) in [5, 5.41) is 23.6. The highest BCUT2D eigenvalue weighted by Crippen LogP contribution is 2.44. The van der Waals surface area contributed by atoms with Crippen LogP contribution < -0.4 is 15.1 Å². The number of hydrogen-bond acceptors (Lipinski definition) is 6. The van der Waals surface area contributed by atoms with Crippen molar-refractivity contribution >= 4 is 52.2 Å². The fourth-order valence-corrected chi connectivity index (χ4v) is 7.01. The molecule has 0 unspecified atom stereocenters. The summed E-state index contributed by atoms with van der Waals surface area (Å²) in [6.45, 7) is 6.41. The number of aromatic carboxylic acids is 2. The van der Waals surface area contributed by atoms with Gasteiger partial charge in [-0.25, -0.2) is 9.59 Å². The Morgan fingerprint density at radius 3 is 2.30 bits per heavy atom. The lowest BCUT2D eigenvalue weighted by atomic mass is 9.91. The maximum atomic E-state index is 11.7. The molecule has 2 aliphatic heterocycles. The molecule has 2 fully saturated rings. The van der Waals surface area contributed by atoms with Gasteiger partial charge in [0.2, 0.25) is 0 Å². The summed E-state index contributed by atoms with van der Waals surface area (Å²) in [6, 6.07) is 18.1. The van der Waals surface area contributed by atoms with Crippen molar-refractivity contribution in [1.29, 1.82) is 0 Å². The van der Waals surface area contributed by atoms with Crippen LogP contribution in [-0.4, -0.2) is 45.3 Å². The molecule has 2 aromatic heterocycles. The van der Waals surface area contributed by atoms with Crippen LogP contribution in [0.2, 0.25) is 5.02 Å². The number of nitrogens with zero attached hydrogens (tertiary/aromatic N) is 3. The summed E-state index contributed by atoms with van der Waals surface area (Å²) in [4.78, 5) is 32.3. The Bertz CT molecular complexity index is 1700. The van der Waals surface area contributed by atoms with Gasteiger partial charge in [-0.2, -0.15) is 0 Å². The number of halogens is 1. The topological polar surface area (TPSA) is 119 Å². The highest BCUT2D eigenvalue weighted by Gasteiger charge is 2.43. The third-order valence-corrected chi connectivity index (χ3v) is 8.76. The number of aromatic nitrogens is 1. The average Bonchev–Trinajstić information content (AvgIpc) is 3.61. The molecule has 2 saturated heterocycles. The number of carbonyl (C=O) groups is 2. The Balaban J connectivity index is 1.40. The van der Waals surface area contributed by atoms with E-state index in [1.54, 1.807) is 18.3 Å². The van der Waals surface area contributed by atoms with Gasteiger partial charge in [0.15, 0.2) is 5.11 Å². The van der Waals surface area contributed by atoms with Gasteiger partial charge in [-0.1, -0.05) is 31.5 Å². The molecule has 4 aromatic rings. The Morgan fingerprint density at radius 1 is 0.977 bits per heavy atom. The zero-order chi connectivity index (χ0) is 31.1. The third-order valence-electron chi connectivity index (χ3n) is 8.15. The first-order valence-corrected chi connectivity index (χ1v) is 15.1.